The Morgan fingerprint density at radius 3 is 2.43 bits per heavy atom. The normalized spacial score (nSPS) is 19.1. The number of hydrogen-bond acceptors (Lipinski definition) is 3. The fraction of sp³-hybridized carbons (Fsp3) is 0.667. The molecule has 1 aromatic rings. The molecule has 0 spiro atoms. The number of carbonyl (C=O) groups excluding carboxylic acids is 1. The van der Waals surface area contributed by atoms with Crippen LogP contribution in [0.15, 0.2) is 17.5 Å². The fourth-order valence-corrected chi connectivity index (χ4v) is 4.76. The third-order valence-electron chi connectivity index (χ3n) is 4.73. The summed E-state index contributed by atoms with van der Waals surface area (Å²) in [5, 5.41) is 11.8. The highest BCUT2D eigenvalue weighted by Crippen LogP contribution is 2.43. The summed E-state index contributed by atoms with van der Waals surface area (Å²) in [5.74, 6) is 0.403. The zero-order chi connectivity index (χ0) is 17.1. The summed E-state index contributed by atoms with van der Waals surface area (Å²) in [5.41, 5.74) is -1.73. The summed E-state index contributed by atoms with van der Waals surface area (Å²) in [6, 6.07) is 3.78. The van der Waals surface area contributed by atoms with E-state index >= 15 is 0 Å². The van der Waals surface area contributed by atoms with Crippen molar-refractivity contribution in [1.29, 1.82) is 0 Å². The van der Waals surface area contributed by atoms with Gasteiger partial charge in [-0.1, -0.05) is 38.2 Å². The number of rotatable bonds is 5. The maximum absolute atomic E-state index is 12.3. The summed E-state index contributed by atoms with van der Waals surface area (Å²) < 4.78 is 0. The molecule has 1 aliphatic carbocycles. The maximum Gasteiger partial charge on any atom is 0.408 e. The van der Waals surface area contributed by atoms with Crippen molar-refractivity contribution in [3.05, 3.63) is 22.4 Å². The molecule has 1 fully saturated rings. The van der Waals surface area contributed by atoms with E-state index < -0.39 is 17.2 Å². The Bertz CT molecular complexity index is 529. The van der Waals surface area contributed by atoms with Crippen LogP contribution < -0.4 is 0 Å². The maximum atomic E-state index is 12.3. The van der Waals surface area contributed by atoms with Crippen LogP contribution in [0.2, 0.25) is 0 Å². The minimum Gasteiger partial charge on any atom is -0.465 e. The summed E-state index contributed by atoms with van der Waals surface area (Å²) in [6.07, 6.45) is 6.17. The molecule has 1 N–H and O–H groups in total. The van der Waals surface area contributed by atoms with Gasteiger partial charge in [0.05, 0.1) is 0 Å². The molecule has 2 rings (SSSR count). The molecule has 1 atom stereocenters. The molecule has 4 nitrogen and oxygen atoms in total. The molecule has 0 saturated heterocycles. The zero-order valence-corrected chi connectivity index (χ0v) is 15.1. The predicted molar refractivity (Wildman–Crippen MR) is 92.9 cm³/mol. The second-order valence-electron chi connectivity index (χ2n) is 7.52. The second kappa shape index (κ2) is 7.04. The number of carboxylic acid groups (broad SMARTS) is 1. The Kier molecular flexibility index (Phi) is 5.50. The van der Waals surface area contributed by atoms with Gasteiger partial charge in [0.1, 0.15) is 5.54 Å². The van der Waals surface area contributed by atoms with Crippen molar-refractivity contribution in [2.75, 3.05) is 0 Å². The van der Waals surface area contributed by atoms with Crippen LogP contribution in [0.3, 0.4) is 0 Å². The first-order chi connectivity index (χ1) is 10.8. The molecular formula is C18H27NO3S. The highest BCUT2D eigenvalue weighted by atomic mass is 32.1. The van der Waals surface area contributed by atoms with Gasteiger partial charge in [0.2, 0.25) is 0 Å². The van der Waals surface area contributed by atoms with Gasteiger partial charge in [0.25, 0.3) is 0 Å². The fourth-order valence-electron chi connectivity index (χ4n) is 3.87. The largest absolute Gasteiger partial charge is 0.465 e. The molecule has 1 heterocycles. The van der Waals surface area contributed by atoms with Gasteiger partial charge in [-0.15, -0.1) is 11.3 Å². The van der Waals surface area contributed by atoms with Crippen molar-refractivity contribution in [1.82, 2.24) is 4.90 Å². The van der Waals surface area contributed by atoms with Gasteiger partial charge in [-0.2, -0.15) is 0 Å². The van der Waals surface area contributed by atoms with E-state index in [0.29, 0.717) is 12.3 Å². The van der Waals surface area contributed by atoms with Gasteiger partial charge in [0.15, 0.2) is 6.29 Å². The number of amides is 1. The molecule has 128 valence electrons. The van der Waals surface area contributed by atoms with E-state index in [4.69, 9.17) is 0 Å². The van der Waals surface area contributed by atoms with E-state index in [-0.39, 0.29) is 0 Å². The van der Waals surface area contributed by atoms with E-state index in [9.17, 15) is 14.7 Å². The van der Waals surface area contributed by atoms with Crippen LogP contribution >= 0.6 is 11.3 Å². The predicted octanol–water partition coefficient (Wildman–Crippen LogP) is 4.89. The van der Waals surface area contributed by atoms with Gasteiger partial charge in [-0.05, 0) is 44.6 Å². The average Bonchev–Trinajstić information content (AvgIpc) is 3.00. The van der Waals surface area contributed by atoms with Gasteiger partial charge in [-0.25, -0.2) is 4.79 Å². The van der Waals surface area contributed by atoms with Crippen molar-refractivity contribution in [2.24, 2.45) is 5.92 Å². The summed E-state index contributed by atoms with van der Waals surface area (Å²) in [7, 11) is 0. The summed E-state index contributed by atoms with van der Waals surface area (Å²) in [4.78, 5) is 26.6. The van der Waals surface area contributed by atoms with Crippen LogP contribution in [0.25, 0.3) is 0 Å². The molecule has 1 aromatic heterocycles. The van der Waals surface area contributed by atoms with Crippen LogP contribution in [0.4, 0.5) is 4.79 Å². The smallest absolute Gasteiger partial charge is 0.408 e. The first-order valence-electron chi connectivity index (χ1n) is 8.35. The van der Waals surface area contributed by atoms with Gasteiger partial charge < -0.3 is 9.90 Å². The third kappa shape index (κ3) is 3.77. The number of carbonyl (C=O) groups is 2. The highest BCUT2D eigenvalue weighted by molar-refractivity contribution is 7.10. The van der Waals surface area contributed by atoms with Crippen molar-refractivity contribution in [3.63, 3.8) is 0 Å². The lowest BCUT2D eigenvalue weighted by molar-refractivity contribution is -0.123. The van der Waals surface area contributed by atoms with Crippen LogP contribution in [0.1, 0.15) is 64.2 Å². The van der Waals surface area contributed by atoms with E-state index in [1.807, 2.05) is 38.3 Å². The van der Waals surface area contributed by atoms with Crippen molar-refractivity contribution >= 4 is 23.7 Å². The van der Waals surface area contributed by atoms with Crippen LogP contribution in [0.5, 0.6) is 0 Å². The number of aldehydes is 1. The van der Waals surface area contributed by atoms with Gasteiger partial charge >= 0.3 is 6.09 Å². The Morgan fingerprint density at radius 2 is 2.00 bits per heavy atom. The molecule has 0 aromatic carbocycles. The lowest BCUT2D eigenvalue weighted by Gasteiger charge is -2.47. The standard InChI is InChI=1S/C18H27NO3S/c1-17(2,3)19(16(21)22)18(13-20,15-10-7-11-23-15)12-14-8-5-4-6-9-14/h7,10-11,13-14H,4-6,8-9,12H2,1-3H3,(H,21,22). The molecular weight excluding hydrogens is 310 g/mol. The second-order valence-corrected chi connectivity index (χ2v) is 8.46. The first kappa shape index (κ1) is 18.0. The van der Waals surface area contributed by atoms with E-state index in [0.717, 1.165) is 24.0 Å². The summed E-state index contributed by atoms with van der Waals surface area (Å²) >= 11 is 1.47. The molecule has 1 amide bonds. The SMILES string of the molecule is CC(C)(C)N(C(=O)O)C(C=O)(CC1CCCCC1)c1cccs1. The van der Waals surface area contributed by atoms with Crippen LogP contribution in [-0.2, 0) is 10.3 Å². The molecule has 23 heavy (non-hydrogen) atoms. The number of hydrogen-bond donors (Lipinski definition) is 1. The quantitative estimate of drug-likeness (QED) is 0.778. The molecule has 0 radical (unpaired) electrons. The van der Waals surface area contributed by atoms with Gasteiger partial charge in [-0.3, -0.25) is 4.90 Å². The van der Waals surface area contributed by atoms with E-state index in [1.54, 1.807) is 0 Å². The molecule has 1 unspecified atom stereocenters. The Labute approximate surface area is 142 Å². The lowest BCUT2D eigenvalue weighted by Crippen LogP contribution is -2.59. The van der Waals surface area contributed by atoms with Crippen molar-refractivity contribution in [2.45, 2.75) is 70.4 Å². The molecule has 0 aliphatic heterocycles. The average molecular weight is 337 g/mol. The highest BCUT2D eigenvalue weighted by Gasteiger charge is 2.48. The topological polar surface area (TPSA) is 57.6 Å². The van der Waals surface area contributed by atoms with E-state index in [2.05, 4.69) is 0 Å². The van der Waals surface area contributed by atoms with Crippen molar-refractivity contribution < 1.29 is 14.7 Å². The Balaban J connectivity index is 2.48. The Morgan fingerprint density at radius 1 is 1.35 bits per heavy atom. The number of thiophene rings is 1. The van der Waals surface area contributed by atoms with E-state index in [1.165, 1.54) is 35.5 Å². The van der Waals surface area contributed by atoms with Gasteiger partial charge in [0, 0.05) is 10.4 Å². The molecule has 0 bridgehead atoms. The minimum absolute atomic E-state index is 0.403. The van der Waals surface area contributed by atoms with Crippen LogP contribution in [-0.4, -0.2) is 27.9 Å². The first-order valence-corrected chi connectivity index (χ1v) is 9.23. The summed E-state index contributed by atoms with van der Waals surface area (Å²) in [6.45, 7) is 5.57. The molecule has 5 heteroatoms. The zero-order valence-electron chi connectivity index (χ0n) is 14.2. The van der Waals surface area contributed by atoms with Crippen molar-refractivity contribution in [3.8, 4) is 0 Å². The lowest BCUT2D eigenvalue weighted by atomic mass is 9.77. The van der Waals surface area contributed by atoms with Crippen LogP contribution in [0, 0.1) is 5.92 Å². The molecule has 1 saturated carbocycles. The Hall–Kier alpha value is -1.36. The number of nitrogens with zero attached hydrogens (tertiary/aromatic N) is 1. The minimum atomic E-state index is -1.08. The monoisotopic (exact) mass is 337 g/mol. The third-order valence-corrected chi connectivity index (χ3v) is 5.77. The molecule has 1 aliphatic rings.